The molecule has 9 nitrogen and oxygen atoms in total. The fourth-order valence-electron chi connectivity index (χ4n) is 4.79. The minimum atomic E-state index is -0.0355. The Morgan fingerprint density at radius 2 is 2.09 bits per heavy atom. The molecule has 2 aliphatic heterocycles. The fraction of sp³-hybridized carbons (Fsp3) is 0.458. The Morgan fingerprint density at radius 1 is 1.24 bits per heavy atom. The van der Waals surface area contributed by atoms with Gasteiger partial charge in [-0.3, -0.25) is 9.69 Å². The molecule has 33 heavy (non-hydrogen) atoms. The number of pyridine rings is 2. The third-order valence-electron chi connectivity index (χ3n) is 6.82. The Hall–Kier alpha value is -3.33. The van der Waals surface area contributed by atoms with Gasteiger partial charge in [-0.2, -0.15) is 0 Å². The van der Waals surface area contributed by atoms with Crippen LogP contribution in [0.2, 0.25) is 0 Å². The number of aryl methyl sites for hydroxylation is 1. The molecule has 3 aromatic rings. The summed E-state index contributed by atoms with van der Waals surface area (Å²) in [7, 11) is 1.92. The normalized spacial score (nSPS) is 18.8. The van der Waals surface area contributed by atoms with E-state index in [1.54, 1.807) is 11.2 Å². The molecule has 0 spiro atoms. The van der Waals surface area contributed by atoms with Crippen LogP contribution in [-0.4, -0.2) is 50.3 Å². The van der Waals surface area contributed by atoms with Gasteiger partial charge in [0, 0.05) is 30.7 Å². The van der Waals surface area contributed by atoms with Crippen molar-refractivity contribution in [2.75, 3.05) is 23.4 Å². The van der Waals surface area contributed by atoms with E-state index in [-0.39, 0.29) is 11.9 Å². The number of nitrogens with zero attached hydrogens (tertiary/aromatic N) is 7. The first kappa shape index (κ1) is 21.5. The molecule has 1 amide bonds. The van der Waals surface area contributed by atoms with Crippen LogP contribution in [0.15, 0.2) is 30.6 Å². The Bertz CT molecular complexity index is 1190. The van der Waals surface area contributed by atoms with Crippen LogP contribution < -0.4 is 15.1 Å². The summed E-state index contributed by atoms with van der Waals surface area (Å²) in [6, 6.07) is 8.12. The van der Waals surface area contributed by atoms with Crippen LogP contribution >= 0.6 is 0 Å². The summed E-state index contributed by atoms with van der Waals surface area (Å²) in [5, 5.41) is 11.5. The molecule has 1 N–H and O–H groups in total. The van der Waals surface area contributed by atoms with E-state index < -0.39 is 0 Å². The number of carbonyl (C=O) groups excluding carboxylic acids is 1. The monoisotopic (exact) mass is 446 g/mol. The van der Waals surface area contributed by atoms with E-state index in [9.17, 15) is 4.79 Å². The van der Waals surface area contributed by atoms with E-state index in [0.717, 1.165) is 48.6 Å². The number of aromatic nitrogens is 5. The molecular formula is C24H30N8O. The summed E-state index contributed by atoms with van der Waals surface area (Å²) >= 11 is 0. The van der Waals surface area contributed by atoms with Crippen LogP contribution in [0.25, 0.3) is 11.5 Å². The molecule has 0 aliphatic carbocycles. The maximum Gasteiger partial charge on any atom is 0.260 e. The van der Waals surface area contributed by atoms with Gasteiger partial charge in [0.15, 0.2) is 5.82 Å². The van der Waals surface area contributed by atoms with Crippen molar-refractivity contribution in [2.24, 2.45) is 0 Å². The minimum Gasteiger partial charge on any atom is -0.354 e. The zero-order valence-electron chi connectivity index (χ0n) is 19.6. The van der Waals surface area contributed by atoms with E-state index in [2.05, 4.69) is 34.3 Å². The van der Waals surface area contributed by atoms with Crippen molar-refractivity contribution in [1.29, 1.82) is 0 Å². The largest absolute Gasteiger partial charge is 0.354 e. The lowest BCUT2D eigenvalue weighted by atomic mass is 10.0. The molecule has 5 rings (SSSR count). The number of hydrogen-bond acceptors (Lipinski definition) is 7. The summed E-state index contributed by atoms with van der Waals surface area (Å²) in [6.07, 6.45) is 3.99. The first-order valence-corrected chi connectivity index (χ1v) is 11.7. The van der Waals surface area contributed by atoms with Gasteiger partial charge in [-0.25, -0.2) is 9.97 Å². The maximum absolute atomic E-state index is 13.6. The summed E-state index contributed by atoms with van der Waals surface area (Å²) in [5.74, 6) is 2.16. The number of fused-ring (bicyclic) bond motifs is 1. The number of amides is 1. The summed E-state index contributed by atoms with van der Waals surface area (Å²) in [5.41, 5.74) is 3.33. The predicted octanol–water partition coefficient (Wildman–Crippen LogP) is 3.18. The smallest absolute Gasteiger partial charge is 0.260 e. The molecule has 2 aliphatic rings. The maximum atomic E-state index is 13.6. The zero-order chi connectivity index (χ0) is 23.1. The van der Waals surface area contributed by atoms with Crippen LogP contribution in [0.5, 0.6) is 0 Å². The van der Waals surface area contributed by atoms with Gasteiger partial charge in [0.25, 0.3) is 5.91 Å². The molecule has 1 fully saturated rings. The predicted molar refractivity (Wildman–Crippen MR) is 127 cm³/mol. The lowest BCUT2D eigenvalue weighted by Crippen LogP contribution is -2.28. The van der Waals surface area contributed by atoms with Crippen LogP contribution in [0.1, 0.15) is 61.3 Å². The van der Waals surface area contributed by atoms with Crippen LogP contribution in [0, 0.1) is 0 Å². The number of anilines is 2. The molecule has 0 saturated carbocycles. The van der Waals surface area contributed by atoms with Gasteiger partial charge in [-0.05, 0) is 58.9 Å². The van der Waals surface area contributed by atoms with Gasteiger partial charge in [0.05, 0.1) is 17.8 Å². The molecule has 3 aromatic heterocycles. The highest BCUT2D eigenvalue weighted by atomic mass is 16.2. The lowest BCUT2D eigenvalue weighted by molar-refractivity contribution is 0.0996. The first-order chi connectivity index (χ1) is 16.0. The average molecular weight is 447 g/mol. The minimum absolute atomic E-state index is 0.0340. The van der Waals surface area contributed by atoms with Crippen molar-refractivity contribution in [2.45, 2.75) is 58.8 Å². The average Bonchev–Trinajstić information content (AvgIpc) is 3.57. The molecule has 0 bridgehead atoms. The molecule has 5 heterocycles. The van der Waals surface area contributed by atoms with Crippen molar-refractivity contribution in [3.05, 3.63) is 47.4 Å². The quantitative estimate of drug-likeness (QED) is 0.622. The van der Waals surface area contributed by atoms with Gasteiger partial charge in [0.1, 0.15) is 23.7 Å². The van der Waals surface area contributed by atoms with Gasteiger partial charge >= 0.3 is 0 Å². The van der Waals surface area contributed by atoms with E-state index in [1.807, 2.05) is 42.8 Å². The van der Waals surface area contributed by atoms with Gasteiger partial charge in [-0.1, -0.05) is 6.07 Å². The van der Waals surface area contributed by atoms with Crippen molar-refractivity contribution in [3.8, 4) is 11.5 Å². The summed E-state index contributed by atoms with van der Waals surface area (Å²) in [4.78, 5) is 27.5. The molecule has 0 unspecified atom stereocenters. The molecule has 0 radical (unpaired) electrons. The molecular weight excluding hydrogens is 416 g/mol. The van der Waals surface area contributed by atoms with E-state index >= 15 is 0 Å². The van der Waals surface area contributed by atoms with Gasteiger partial charge in [0.2, 0.25) is 0 Å². The Labute approximate surface area is 193 Å². The second-order valence-electron chi connectivity index (χ2n) is 8.80. The van der Waals surface area contributed by atoms with Gasteiger partial charge in [-0.15, -0.1) is 10.2 Å². The highest BCUT2D eigenvalue weighted by Crippen LogP contribution is 2.35. The third kappa shape index (κ3) is 3.66. The van der Waals surface area contributed by atoms with Crippen molar-refractivity contribution in [1.82, 2.24) is 30.0 Å². The number of nitrogens with one attached hydrogen (secondary N) is 1. The molecule has 172 valence electrons. The van der Waals surface area contributed by atoms with E-state index in [1.165, 1.54) is 0 Å². The highest BCUT2D eigenvalue weighted by Gasteiger charge is 2.35. The van der Waals surface area contributed by atoms with E-state index in [4.69, 9.17) is 9.97 Å². The first-order valence-electron chi connectivity index (χ1n) is 11.7. The lowest BCUT2D eigenvalue weighted by Gasteiger charge is -2.25. The van der Waals surface area contributed by atoms with Crippen molar-refractivity contribution >= 4 is 17.5 Å². The van der Waals surface area contributed by atoms with Crippen molar-refractivity contribution < 1.29 is 4.79 Å². The highest BCUT2D eigenvalue weighted by molar-refractivity contribution is 6.10. The number of carbonyl (C=O) groups is 1. The van der Waals surface area contributed by atoms with E-state index in [0.29, 0.717) is 29.9 Å². The molecule has 0 aromatic carbocycles. The Morgan fingerprint density at radius 3 is 2.82 bits per heavy atom. The second kappa shape index (κ2) is 8.55. The molecule has 2 atom stereocenters. The standard InChI is InChI=1S/C24H30N8O/c1-5-30-14-26-29-23(30)19-9-6-10-20(27-19)32-13-18-17(24(32)33)12-21(28-22(18)16(3)25-4)31-11-7-8-15(31)2/h6,9-10,12,14-16,25H,5,7-8,11,13H2,1-4H3/t15-,16-/m1/s1. The Balaban J connectivity index is 1.54. The fourth-order valence-corrected chi connectivity index (χ4v) is 4.79. The van der Waals surface area contributed by atoms with Gasteiger partial charge < -0.3 is 14.8 Å². The van der Waals surface area contributed by atoms with Crippen LogP contribution in [0.4, 0.5) is 11.6 Å². The number of rotatable bonds is 6. The number of hydrogen-bond donors (Lipinski definition) is 1. The second-order valence-corrected chi connectivity index (χ2v) is 8.80. The van der Waals surface area contributed by atoms with Crippen molar-refractivity contribution in [3.63, 3.8) is 0 Å². The molecule has 1 saturated heterocycles. The summed E-state index contributed by atoms with van der Waals surface area (Å²) in [6.45, 7) is 8.52. The Kier molecular flexibility index (Phi) is 5.57. The SMILES string of the molecule is CCn1cnnc1-c1cccc(N2Cc3c(cc(N4CCC[C@H]4C)nc3[C@@H](C)NC)C2=O)n1. The third-order valence-corrected chi connectivity index (χ3v) is 6.82. The topological polar surface area (TPSA) is 92.1 Å². The zero-order valence-corrected chi connectivity index (χ0v) is 19.6. The summed E-state index contributed by atoms with van der Waals surface area (Å²) < 4.78 is 1.94. The van der Waals surface area contributed by atoms with Crippen LogP contribution in [0.3, 0.4) is 0 Å². The van der Waals surface area contributed by atoms with Crippen LogP contribution in [-0.2, 0) is 13.1 Å². The molecule has 9 heteroatoms.